The molecule has 0 spiro atoms. The summed E-state index contributed by atoms with van der Waals surface area (Å²) in [5.74, 6) is -1.78. The van der Waals surface area contributed by atoms with E-state index in [2.05, 4.69) is 52.3 Å². The van der Waals surface area contributed by atoms with Crippen molar-refractivity contribution in [3.05, 3.63) is 49.1 Å². The highest BCUT2D eigenvalue weighted by molar-refractivity contribution is 6.74. The lowest BCUT2D eigenvalue weighted by atomic mass is 9.86. The molecule has 9 heteroatoms. The molecule has 1 fully saturated rings. The summed E-state index contributed by atoms with van der Waals surface area (Å²) in [6.45, 7) is 24.3. The normalized spacial score (nSPS) is 18.7. The largest absolute Gasteiger partial charge is 0.457 e. The maximum Gasteiger partial charge on any atom is 0.310 e. The van der Waals surface area contributed by atoms with Crippen molar-refractivity contribution in [3.8, 4) is 0 Å². The smallest absolute Gasteiger partial charge is 0.310 e. The van der Waals surface area contributed by atoms with Gasteiger partial charge in [0.2, 0.25) is 11.8 Å². The molecular weight excluding hydrogens is 574 g/mol. The van der Waals surface area contributed by atoms with Gasteiger partial charge in [0.25, 0.3) is 0 Å². The monoisotopic (exact) mass is 631 g/mol. The van der Waals surface area contributed by atoms with Crippen molar-refractivity contribution in [3.63, 3.8) is 0 Å². The maximum atomic E-state index is 13.4. The molecule has 0 unspecified atom stereocenters. The summed E-state index contributed by atoms with van der Waals surface area (Å²) >= 11 is 0. The Hall–Kier alpha value is -2.62. The van der Waals surface area contributed by atoms with Crippen LogP contribution in [0.25, 0.3) is 0 Å². The third-order valence-electron chi connectivity index (χ3n) is 8.79. The Morgan fingerprint density at radius 3 is 2.23 bits per heavy atom. The summed E-state index contributed by atoms with van der Waals surface area (Å²) in [5.41, 5.74) is 0.763. The van der Waals surface area contributed by atoms with Crippen LogP contribution in [0.2, 0.25) is 18.1 Å². The fourth-order valence-electron chi connectivity index (χ4n) is 5.13. The predicted octanol–water partition coefficient (Wildman–Crippen LogP) is 7.02. The predicted molar refractivity (Wildman–Crippen MR) is 178 cm³/mol. The molecule has 0 bridgehead atoms. The standard InChI is InChI=1S/C35H57NO7Si/c1-12-14-15-16-20-32(40)42-33(26(5)28(37)19-17-18-27-22-30(38)36-31(39)23-27)24(3)21-25(4)34(29(13-2)41-9)43-44(10,11)35(6,7)8/h12-13,15-16,21,25-27,29,33-34H,1-2,14,17-20,22-23H2,3-11H3,(H,36,38,39)/b16-15+,24-21-/t25-,26-,29-,33+,34+/m1/s1. The number of amides is 2. The highest BCUT2D eigenvalue weighted by atomic mass is 28.4. The molecule has 1 rings (SSSR count). The molecule has 0 aromatic rings. The van der Waals surface area contributed by atoms with Gasteiger partial charge in [-0.15, -0.1) is 13.2 Å². The van der Waals surface area contributed by atoms with Gasteiger partial charge >= 0.3 is 5.97 Å². The Bertz CT molecular complexity index is 1060. The Morgan fingerprint density at radius 1 is 1.09 bits per heavy atom. The third kappa shape index (κ3) is 12.8. The van der Waals surface area contributed by atoms with Crippen LogP contribution in [0, 0.1) is 17.8 Å². The van der Waals surface area contributed by atoms with Gasteiger partial charge in [-0.2, -0.15) is 0 Å². The van der Waals surface area contributed by atoms with Gasteiger partial charge in [0.1, 0.15) is 18.0 Å². The second-order valence-corrected chi connectivity index (χ2v) is 18.3. The first-order valence-corrected chi connectivity index (χ1v) is 18.7. The first-order valence-electron chi connectivity index (χ1n) is 15.8. The minimum atomic E-state index is -2.19. The van der Waals surface area contributed by atoms with Gasteiger partial charge in [-0.1, -0.05) is 65.0 Å². The SMILES string of the molecule is C=CC/C=C/CC(=O)O[C@@H](/C(C)=C\[C@@H](C)[C@H](O[Si](C)(C)C(C)(C)C)[C@@H](C=C)OC)[C@H](C)C(=O)CCCC1CC(=O)NC(=O)C1. The fraction of sp³-hybridized carbons (Fsp3) is 0.657. The summed E-state index contributed by atoms with van der Waals surface area (Å²) in [6.07, 6.45) is 10.4. The average Bonchev–Trinajstić information content (AvgIpc) is 2.92. The van der Waals surface area contributed by atoms with Crippen molar-refractivity contribution in [2.45, 2.75) is 123 Å². The molecule has 1 N–H and O–H groups in total. The quantitative estimate of drug-likeness (QED) is 0.0706. The number of rotatable bonds is 19. The lowest BCUT2D eigenvalue weighted by molar-refractivity contribution is -0.150. The minimum absolute atomic E-state index is 0.0178. The van der Waals surface area contributed by atoms with Crippen molar-refractivity contribution >= 4 is 31.9 Å². The van der Waals surface area contributed by atoms with Crippen LogP contribution in [0.1, 0.15) is 86.5 Å². The van der Waals surface area contributed by atoms with Crippen LogP contribution in [0.3, 0.4) is 0 Å². The lowest BCUT2D eigenvalue weighted by Crippen LogP contribution is -2.49. The van der Waals surface area contributed by atoms with Gasteiger partial charge in [-0.05, 0) is 55.8 Å². The van der Waals surface area contributed by atoms with Crippen LogP contribution in [-0.2, 0) is 33.1 Å². The zero-order valence-corrected chi connectivity index (χ0v) is 29.6. The molecular formula is C35H57NO7Si. The number of carbonyl (C=O) groups excluding carboxylic acids is 4. The van der Waals surface area contributed by atoms with Gasteiger partial charge in [-0.3, -0.25) is 24.5 Å². The molecule has 0 radical (unpaired) electrons. The first-order chi connectivity index (χ1) is 20.5. The zero-order chi connectivity index (χ0) is 33.7. The topological polar surface area (TPSA) is 108 Å². The zero-order valence-electron chi connectivity index (χ0n) is 28.6. The number of esters is 1. The molecule has 44 heavy (non-hydrogen) atoms. The molecule has 1 heterocycles. The third-order valence-corrected chi connectivity index (χ3v) is 13.3. The van der Waals surface area contributed by atoms with E-state index in [-0.39, 0.29) is 59.5 Å². The Morgan fingerprint density at radius 2 is 1.70 bits per heavy atom. The van der Waals surface area contributed by atoms with Gasteiger partial charge in [0.05, 0.1) is 18.4 Å². The lowest BCUT2D eigenvalue weighted by Gasteiger charge is -2.42. The molecule has 248 valence electrons. The van der Waals surface area contributed by atoms with Crippen LogP contribution in [-0.4, -0.2) is 57.3 Å². The summed E-state index contributed by atoms with van der Waals surface area (Å²) in [7, 11) is -0.550. The minimum Gasteiger partial charge on any atom is -0.457 e. The summed E-state index contributed by atoms with van der Waals surface area (Å²) in [4.78, 5) is 49.8. The average molecular weight is 632 g/mol. The van der Waals surface area contributed by atoms with Crippen LogP contribution < -0.4 is 5.32 Å². The number of hydrogen-bond donors (Lipinski definition) is 1. The number of imide groups is 1. The van der Waals surface area contributed by atoms with E-state index in [1.165, 1.54) is 0 Å². The maximum absolute atomic E-state index is 13.4. The summed E-state index contributed by atoms with van der Waals surface area (Å²) < 4.78 is 18.6. The number of carbonyl (C=O) groups is 4. The number of methoxy groups -OCH3 is 1. The van der Waals surface area contributed by atoms with E-state index >= 15 is 0 Å². The summed E-state index contributed by atoms with van der Waals surface area (Å²) in [5, 5.41) is 2.30. The molecule has 2 amide bonds. The van der Waals surface area contributed by atoms with Crippen LogP contribution in [0.15, 0.2) is 49.1 Å². The molecule has 0 aromatic carbocycles. The molecule has 0 saturated carbocycles. The second kappa shape index (κ2) is 18.4. The highest BCUT2D eigenvalue weighted by Gasteiger charge is 2.42. The van der Waals surface area contributed by atoms with Crippen molar-refractivity contribution in [1.29, 1.82) is 0 Å². The molecule has 8 nitrogen and oxygen atoms in total. The van der Waals surface area contributed by atoms with Gasteiger partial charge in [0.15, 0.2) is 8.32 Å². The molecule has 1 aliphatic heterocycles. The van der Waals surface area contributed by atoms with E-state index in [1.807, 2.05) is 26.0 Å². The number of piperidine rings is 1. The molecule has 0 aromatic heterocycles. The first kappa shape index (κ1) is 39.4. The second-order valence-electron chi connectivity index (χ2n) is 13.6. The summed E-state index contributed by atoms with van der Waals surface area (Å²) in [6, 6.07) is 0. The number of ether oxygens (including phenoxy) is 2. The van der Waals surface area contributed by atoms with E-state index in [4.69, 9.17) is 13.9 Å². The Labute approximate surface area is 266 Å². The number of allylic oxidation sites excluding steroid dienone is 2. The van der Waals surface area contributed by atoms with Crippen LogP contribution in [0.4, 0.5) is 0 Å². The van der Waals surface area contributed by atoms with E-state index in [1.54, 1.807) is 32.3 Å². The van der Waals surface area contributed by atoms with E-state index in [0.717, 1.165) is 5.57 Å². The number of nitrogens with one attached hydrogen (secondary N) is 1. The van der Waals surface area contributed by atoms with E-state index in [9.17, 15) is 19.2 Å². The van der Waals surface area contributed by atoms with E-state index in [0.29, 0.717) is 32.1 Å². The highest BCUT2D eigenvalue weighted by Crippen LogP contribution is 2.39. The van der Waals surface area contributed by atoms with E-state index < -0.39 is 26.3 Å². The van der Waals surface area contributed by atoms with Crippen molar-refractivity contribution in [2.75, 3.05) is 7.11 Å². The van der Waals surface area contributed by atoms with Gasteiger partial charge in [-0.25, -0.2) is 0 Å². The molecule has 1 aliphatic rings. The molecule has 5 atom stereocenters. The Kier molecular flexibility index (Phi) is 16.5. The van der Waals surface area contributed by atoms with Crippen LogP contribution >= 0.6 is 0 Å². The number of ketones is 1. The number of Topliss-reactive ketones (excluding diaryl/α,β-unsaturated/α-hetero) is 1. The fourth-order valence-corrected chi connectivity index (χ4v) is 6.51. The number of hydrogen-bond acceptors (Lipinski definition) is 7. The van der Waals surface area contributed by atoms with Crippen molar-refractivity contribution in [2.24, 2.45) is 17.8 Å². The van der Waals surface area contributed by atoms with Crippen molar-refractivity contribution < 1.29 is 33.1 Å². The Balaban J connectivity index is 3.22. The van der Waals surface area contributed by atoms with Crippen LogP contribution in [0.5, 0.6) is 0 Å². The van der Waals surface area contributed by atoms with Gasteiger partial charge in [0, 0.05) is 32.3 Å². The molecule has 1 saturated heterocycles. The van der Waals surface area contributed by atoms with Crippen molar-refractivity contribution in [1.82, 2.24) is 5.32 Å². The van der Waals surface area contributed by atoms with Gasteiger partial charge < -0.3 is 13.9 Å². The molecule has 0 aliphatic carbocycles.